The van der Waals surface area contributed by atoms with Crippen LogP contribution in [0.2, 0.25) is 0 Å². The van der Waals surface area contributed by atoms with Crippen LogP contribution < -0.4 is 14.8 Å². The van der Waals surface area contributed by atoms with Gasteiger partial charge in [-0.05, 0) is 64.0 Å². The Morgan fingerprint density at radius 2 is 1.43 bits per heavy atom. The van der Waals surface area contributed by atoms with Gasteiger partial charge < -0.3 is 14.0 Å². The predicted octanol–water partition coefficient (Wildman–Crippen LogP) is 7.05. The van der Waals surface area contributed by atoms with Gasteiger partial charge in [-0.3, -0.25) is 9.59 Å². The van der Waals surface area contributed by atoms with E-state index in [1.165, 1.54) is 14.2 Å². The van der Waals surface area contributed by atoms with Crippen molar-refractivity contribution in [3.8, 4) is 11.5 Å². The minimum absolute atomic E-state index is 0.0468. The first kappa shape index (κ1) is 26.9. The van der Waals surface area contributed by atoms with Gasteiger partial charge in [0.05, 0.1) is 18.7 Å². The molecule has 0 amide bonds. The summed E-state index contributed by atoms with van der Waals surface area (Å²) in [6, 6.07) is 15.3. The van der Waals surface area contributed by atoms with Crippen molar-refractivity contribution in [3.63, 3.8) is 0 Å². The summed E-state index contributed by atoms with van der Waals surface area (Å²) in [5.41, 5.74) is 1.17. The molecule has 1 unspecified atom stereocenters. The van der Waals surface area contributed by atoms with E-state index in [0.29, 0.717) is 15.6 Å². The maximum atomic E-state index is 15.0. The molecule has 0 aromatic heterocycles. The second kappa shape index (κ2) is 10.1. The summed E-state index contributed by atoms with van der Waals surface area (Å²) >= 11 is 3.41. The van der Waals surface area contributed by atoms with Crippen LogP contribution in [0.4, 0.5) is 0 Å². The molecule has 1 atom stereocenters. The highest BCUT2D eigenvalue weighted by Crippen LogP contribution is 2.56. The highest BCUT2D eigenvalue weighted by molar-refractivity contribution is 9.10. The normalized spacial score (nSPS) is 13.1. The van der Waals surface area contributed by atoms with Crippen LogP contribution in [0.5, 0.6) is 11.5 Å². The molecule has 0 aliphatic heterocycles. The second-order valence-corrected chi connectivity index (χ2v) is 12.8. The summed E-state index contributed by atoms with van der Waals surface area (Å²) in [5, 5.41) is -0.0468. The lowest BCUT2D eigenvalue weighted by Crippen LogP contribution is -2.25. The zero-order valence-corrected chi connectivity index (χ0v) is 23.5. The molecule has 184 valence electrons. The minimum Gasteiger partial charge on any atom is -0.496 e. The standard InChI is InChI=1S/C28H30BrO5P/c1-17-15-20(28(3,4)5)16-18(2)23(17)27(31)35(32,26(30)19-11-9-8-10-12-19)25-22(33-6)14-13-21(29)24(25)34-7/h8-16H,1-7H3. The van der Waals surface area contributed by atoms with E-state index in [1.807, 2.05) is 26.0 Å². The maximum Gasteiger partial charge on any atom is 0.256 e. The first-order valence-corrected chi connectivity index (χ1v) is 13.7. The van der Waals surface area contributed by atoms with Crippen LogP contribution in [0.25, 0.3) is 0 Å². The van der Waals surface area contributed by atoms with Crippen molar-refractivity contribution >= 4 is 39.4 Å². The average Bonchev–Trinajstić information content (AvgIpc) is 2.82. The van der Waals surface area contributed by atoms with Gasteiger partial charge in [-0.1, -0.05) is 63.2 Å². The molecular formula is C28H30BrO5P. The summed E-state index contributed by atoms with van der Waals surface area (Å²) in [7, 11) is -1.69. The second-order valence-electron chi connectivity index (χ2n) is 9.45. The number of benzene rings is 3. The Morgan fingerprint density at radius 1 is 0.857 bits per heavy atom. The third-order valence-corrected chi connectivity index (χ3v) is 9.29. The molecule has 0 aliphatic rings. The number of aryl methyl sites for hydroxylation is 2. The van der Waals surface area contributed by atoms with Gasteiger partial charge in [0.2, 0.25) is 11.0 Å². The fourth-order valence-corrected chi connectivity index (χ4v) is 7.53. The van der Waals surface area contributed by atoms with Crippen molar-refractivity contribution in [1.29, 1.82) is 0 Å². The van der Waals surface area contributed by atoms with E-state index in [2.05, 4.69) is 36.7 Å². The molecule has 0 fully saturated rings. The SMILES string of the molecule is COc1ccc(Br)c(OC)c1P(=O)(C(=O)c1ccccc1)C(=O)c1c(C)cc(C(C)(C)C)cc1C. The molecule has 0 heterocycles. The minimum atomic E-state index is -4.50. The summed E-state index contributed by atoms with van der Waals surface area (Å²) in [5.74, 6) is 0.277. The number of hydrogen-bond donors (Lipinski definition) is 0. The van der Waals surface area contributed by atoms with Crippen LogP contribution in [-0.4, -0.2) is 25.3 Å². The average molecular weight is 557 g/mol. The third-order valence-electron chi connectivity index (χ3n) is 5.99. The topological polar surface area (TPSA) is 69.7 Å². The van der Waals surface area contributed by atoms with Crippen molar-refractivity contribution in [2.24, 2.45) is 0 Å². The lowest BCUT2D eigenvalue weighted by Gasteiger charge is -2.25. The smallest absolute Gasteiger partial charge is 0.256 e. The Morgan fingerprint density at radius 3 is 1.91 bits per heavy atom. The van der Waals surface area contributed by atoms with Crippen molar-refractivity contribution < 1.29 is 23.6 Å². The molecule has 0 aliphatic carbocycles. The molecule has 0 bridgehead atoms. The highest BCUT2D eigenvalue weighted by Gasteiger charge is 2.48. The monoisotopic (exact) mass is 556 g/mol. The Kier molecular flexibility index (Phi) is 7.78. The molecule has 5 nitrogen and oxygen atoms in total. The van der Waals surface area contributed by atoms with Gasteiger partial charge in [-0.2, -0.15) is 0 Å². The van der Waals surface area contributed by atoms with Gasteiger partial charge in [0.1, 0.15) is 16.8 Å². The van der Waals surface area contributed by atoms with Gasteiger partial charge in [0, 0.05) is 11.1 Å². The van der Waals surface area contributed by atoms with E-state index >= 15 is 4.57 Å². The van der Waals surface area contributed by atoms with E-state index < -0.39 is 18.2 Å². The van der Waals surface area contributed by atoms with E-state index in [1.54, 1.807) is 42.5 Å². The number of hydrogen-bond acceptors (Lipinski definition) is 5. The van der Waals surface area contributed by atoms with E-state index in [-0.39, 0.29) is 33.3 Å². The van der Waals surface area contributed by atoms with Crippen LogP contribution in [0.3, 0.4) is 0 Å². The van der Waals surface area contributed by atoms with Crippen LogP contribution in [0, 0.1) is 13.8 Å². The Bertz CT molecular complexity index is 1320. The number of ether oxygens (including phenoxy) is 2. The number of rotatable bonds is 7. The zero-order chi connectivity index (χ0) is 26.1. The number of carbonyl (C=O) groups is 2. The van der Waals surface area contributed by atoms with Gasteiger partial charge in [-0.15, -0.1) is 0 Å². The molecule has 3 rings (SSSR count). The van der Waals surface area contributed by atoms with E-state index in [4.69, 9.17) is 9.47 Å². The highest BCUT2D eigenvalue weighted by atomic mass is 79.9. The first-order valence-electron chi connectivity index (χ1n) is 11.2. The Labute approximate surface area is 215 Å². The number of carbonyl (C=O) groups excluding carboxylic acids is 2. The summed E-state index contributed by atoms with van der Waals surface area (Å²) < 4.78 is 26.6. The van der Waals surface area contributed by atoms with E-state index in [0.717, 1.165) is 5.56 Å². The molecule has 0 spiro atoms. The fourth-order valence-electron chi connectivity index (χ4n) is 4.13. The summed E-state index contributed by atoms with van der Waals surface area (Å²) in [6.45, 7) is 9.88. The molecule has 0 saturated heterocycles. The van der Waals surface area contributed by atoms with Gasteiger partial charge in [0.15, 0.2) is 0 Å². The molecular weight excluding hydrogens is 527 g/mol. The van der Waals surface area contributed by atoms with Gasteiger partial charge in [0.25, 0.3) is 7.14 Å². The number of methoxy groups -OCH3 is 2. The van der Waals surface area contributed by atoms with E-state index in [9.17, 15) is 9.59 Å². The number of halogens is 1. The third kappa shape index (κ3) is 4.87. The quantitative estimate of drug-likeness (QED) is 0.291. The van der Waals surface area contributed by atoms with Crippen LogP contribution in [-0.2, 0) is 9.98 Å². The summed E-state index contributed by atoms with van der Waals surface area (Å²) in [6.07, 6.45) is 0. The molecule has 3 aromatic carbocycles. The van der Waals surface area contributed by atoms with Crippen LogP contribution in [0.1, 0.15) is 58.2 Å². The fraction of sp³-hybridized carbons (Fsp3) is 0.286. The van der Waals surface area contributed by atoms with Crippen molar-refractivity contribution in [3.05, 3.63) is 86.9 Å². The summed E-state index contributed by atoms with van der Waals surface area (Å²) in [4.78, 5) is 28.3. The molecule has 0 N–H and O–H groups in total. The zero-order valence-electron chi connectivity index (χ0n) is 21.1. The molecule has 35 heavy (non-hydrogen) atoms. The molecule has 0 radical (unpaired) electrons. The van der Waals surface area contributed by atoms with Gasteiger partial charge >= 0.3 is 0 Å². The largest absolute Gasteiger partial charge is 0.496 e. The van der Waals surface area contributed by atoms with Crippen LogP contribution in [0.15, 0.2) is 59.1 Å². The van der Waals surface area contributed by atoms with Crippen molar-refractivity contribution in [1.82, 2.24) is 0 Å². The first-order chi connectivity index (χ1) is 16.4. The lowest BCUT2D eigenvalue weighted by molar-refractivity contribution is 0.104. The maximum absolute atomic E-state index is 15.0. The Hall–Kier alpha value is -2.69. The predicted molar refractivity (Wildman–Crippen MR) is 144 cm³/mol. The molecule has 0 saturated carbocycles. The van der Waals surface area contributed by atoms with Crippen LogP contribution >= 0.6 is 23.1 Å². The lowest BCUT2D eigenvalue weighted by atomic mass is 9.84. The molecule has 7 heteroatoms. The Balaban J connectivity index is 2.41. The van der Waals surface area contributed by atoms with Crippen molar-refractivity contribution in [2.45, 2.75) is 40.0 Å². The molecule has 3 aromatic rings. The van der Waals surface area contributed by atoms with Gasteiger partial charge in [-0.25, -0.2) is 0 Å². The van der Waals surface area contributed by atoms with Crippen molar-refractivity contribution in [2.75, 3.05) is 14.2 Å².